The number of benzene rings is 1. The first kappa shape index (κ1) is 12.1. The lowest BCUT2D eigenvalue weighted by Gasteiger charge is -2.00. The number of halogens is 1. The van der Waals surface area contributed by atoms with Gasteiger partial charge in [0, 0.05) is 17.7 Å². The molecule has 0 atom stereocenters. The smallest absolute Gasteiger partial charge is 0.0932 e. The summed E-state index contributed by atoms with van der Waals surface area (Å²) >= 11 is 3.36. The highest BCUT2D eigenvalue weighted by Crippen LogP contribution is 2.08. The molecule has 6 heteroatoms. The number of alkyl halides is 1. The molecule has 0 saturated carbocycles. The van der Waals surface area contributed by atoms with E-state index < -0.39 is 0 Å². The maximum absolute atomic E-state index is 4.53. The molecule has 0 aliphatic heterocycles. The van der Waals surface area contributed by atoms with E-state index in [1.165, 1.54) is 0 Å². The summed E-state index contributed by atoms with van der Waals surface area (Å²) in [7, 11) is 0. The van der Waals surface area contributed by atoms with Crippen molar-refractivity contribution in [2.45, 2.75) is 11.9 Å². The fourth-order valence-electron chi connectivity index (χ4n) is 1.81. The maximum Gasteiger partial charge on any atom is 0.0932 e. The van der Waals surface area contributed by atoms with Crippen LogP contribution in [0, 0.1) is 0 Å². The molecule has 3 aromatic rings. The maximum atomic E-state index is 4.53. The van der Waals surface area contributed by atoms with Gasteiger partial charge in [-0.25, -0.2) is 9.36 Å². The molecule has 1 aromatic carbocycles. The first-order valence-corrected chi connectivity index (χ1v) is 7.02. The van der Waals surface area contributed by atoms with Gasteiger partial charge in [0.1, 0.15) is 0 Å². The molecule has 19 heavy (non-hydrogen) atoms. The molecule has 0 aliphatic rings. The topological polar surface area (TPSA) is 48.5 Å². The molecule has 0 spiro atoms. The normalized spacial score (nSPS) is 10.8. The lowest BCUT2D eigenvalue weighted by molar-refractivity contribution is 0.631. The number of hydrogen-bond acceptors (Lipinski definition) is 3. The molecule has 0 fully saturated rings. The predicted molar refractivity (Wildman–Crippen MR) is 75.3 cm³/mol. The Bertz CT molecular complexity index is 658. The molecule has 96 valence electrons. The molecule has 0 N–H and O–H groups in total. The summed E-state index contributed by atoms with van der Waals surface area (Å²) in [4.78, 5) is 0. The molecule has 2 aromatic heterocycles. The molecular formula is C13H12BrN5. The van der Waals surface area contributed by atoms with Gasteiger partial charge in [0.25, 0.3) is 0 Å². The molecule has 3 rings (SSSR count). The molecule has 0 bridgehead atoms. The highest BCUT2D eigenvalue weighted by atomic mass is 79.9. The third-order valence-corrected chi connectivity index (χ3v) is 3.29. The van der Waals surface area contributed by atoms with Crippen LogP contribution in [-0.4, -0.2) is 24.8 Å². The monoisotopic (exact) mass is 317 g/mol. The van der Waals surface area contributed by atoms with Crippen molar-refractivity contribution in [3.05, 3.63) is 60.2 Å². The third-order valence-electron chi connectivity index (χ3n) is 2.71. The zero-order valence-electron chi connectivity index (χ0n) is 10.1. The van der Waals surface area contributed by atoms with Crippen LogP contribution < -0.4 is 0 Å². The second-order valence-electron chi connectivity index (χ2n) is 4.13. The highest BCUT2D eigenvalue weighted by Gasteiger charge is 2.04. The van der Waals surface area contributed by atoms with Crippen LogP contribution >= 0.6 is 15.9 Å². The Morgan fingerprint density at radius 2 is 1.89 bits per heavy atom. The number of rotatable bonds is 4. The molecule has 0 unspecified atom stereocenters. The van der Waals surface area contributed by atoms with Gasteiger partial charge in [0.15, 0.2) is 0 Å². The molecule has 0 radical (unpaired) electrons. The molecule has 0 amide bonds. The van der Waals surface area contributed by atoms with Crippen molar-refractivity contribution in [2.75, 3.05) is 0 Å². The van der Waals surface area contributed by atoms with Crippen molar-refractivity contribution in [3.8, 4) is 5.69 Å². The van der Waals surface area contributed by atoms with Gasteiger partial charge >= 0.3 is 0 Å². The van der Waals surface area contributed by atoms with Crippen molar-refractivity contribution in [1.82, 2.24) is 24.8 Å². The van der Waals surface area contributed by atoms with Gasteiger partial charge < -0.3 is 0 Å². The molecule has 0 saturated heterocycles. The average Bonchev–Trinajstić information content (AvgIpc) is 3.09. The Morgan fingerprint density at radius 1 is 1.05 bits per heavy atom. The van der Waals surface area contributed by atoms with Crippen LogP contribution in [0.15, 0.2) is 48.8 Å². The fourth-order valence-corrected chi connectivity index (χ4v) is 2.07. The Morgan fingerprint density at radius 3 is 2.63 bits per heavy atom. The summed E-state index contributed by atoms with van der Waals surface area (Å²) in [6.07, 6.45) is 3.86. The standard InChI is InChI=1S/C13H12BrN5/c14-8-12-10-18(17-15-12)9-11-6-7-19(16-11)13-4-2-1-3-5-13/h1-7,10H,8-9H2. The molecule has 2 heterocycles. The first-order chi connectivity index (χ1) is 9.35. The van der Waals surface area contributed by atoms with Gasteiger partial charge in [-0.05, 0) is 18.2 Å². The lowest BCUT2D eigenvalue weighted by Crippen LogP contribution is -2.02. The summed E-state index contributed by atoms with van der Waals surface area (Å²) in [5.41, 5.74) is 2.92. The van der Waals surface area contributed by atoms with Gasteiger partial charge in [-0.15, -0.1) is 5.10 Å². The largest absolute Gasteiger partial charge is 0.246 e. The van der Waals surface area contributed by atoms with Crippen LogP contribution in [0.3, 0.4) is 0 Å². The quantitative estimate of drug-likeness (QED) is 0.694. The number of aromatic nitrogens is 5. The van der Waals surface area contributed by atoms with Crippen LogP contribution in [0.1, 0.15) is 11.4 Å². The summed E-state index contributed by atoms with van der Waals surface area (Å²) in [6, 6.07) is 12.0. The Hall–Kier alpha value is -1.95. The van der Waals surface area contributed by atoms with E-state index in [0.717, 1.165) is 17.1 Å². The summed E-state index contributed by atoms with van der Waals surface area (Å²) in [6.45, 7) is 0.625. The molecule has 5 nitrogen and oxygen atoms in total. The Balaban J connectivity index is 1.78. The zero-order valence-corrected chi connectivity index (χ0v) is 11.7. The minimum Gasteiger partial charge on any atom is -0.246 e. The van der Waals surface area contributed by atoms with E-state index in [1.807, 2.05) is 53.5 Å². The van der Waals surface area contributed by atoms with Crippen molar-refractivity contribution in [2.24, 2.45) is 0 Å². The number of para-hydroxylation sites is 1. The van der Waals surface area contributed by atoms with E-state index in [-0.39, 0.29) is 0 Å². The van der Waals surface area contributed by atoms with Crippen molar-refractivity contribution in [3.63, 3.8) is 0 Å². The Kier molecular flexibility index (Phi) is 3.41. The second kappa shape index (κ2) is 5.36. The summed E-state index contributed by atoms with van der Waals surface area (Å²) in [5.74, 6) is 0. The third kappa shape index (κ3) is 2.73. The predicted octanol–water partition coefficient (Wildman–Crippen LogP) is 2.41. The van der Waals surface area contributed by atoms with Gasteiger partial charge in [0.2, 0.25) is 0 Å². The van der Waals surface area contributed by atoms with Crippen molar-refractivity contribution < 1.29 is 0 Å². The SMILES string of the molecule is BrCc1cn(Cc2ccn(-c3ccccc3)n2)nn1. The number of nitrogens with zero attached hydrogens (tertiary/aromatic N) is 5. The van der Waals surface area contributed by atoms with E-state index in [1.54, 1.807) is 4.68 Å². The van der Waals surface area contributed by atoms with Crippen LogP contribution in [0.25, 0.3) is 5.69 Å². The first-order valence-electron chi connectivity index (χ1n) is 5.90. The van der Waals surface area contributed by atoms with Gasteiger partial charge in [-0.1, -0.05) is 39.3 Å². The van der Waals surface area contributed by atoms with Crippen molar-refractivity contribution in [1.29, 1.82) is 0 Å². The van der Waals surface area contributed by atoms with E-state index in [4.69, 9.17) is 0 Å². The Labute approximate surface area is 119 Å². The van der Waals surface area contributed by atoms with Crippen LogP contribution in [-0.2, 0) is 11.9 Å². The minimum atomic E-state index is 0.625. The molecular weight excluding hydrogens is 306 g/mol. The summed E-state index contributed by atoms with van der Waals surface area (Å²) < 4.78 is 3.64. The fraction of sp³-hybridized carbons (Fsp3) is 0.154. The van der Waals surface area contributed by atoms with Crippen molar-refractivity contribution >= 4 is 15.9 Å². The van der Waals surface area contributed by atoms with Crippen LogP contribution in [0.4, 0.5) is 0 Å². The zero-order chi connectivity index (χ0) is 13.1. The van der Waals surface area contributed by atoms with Gasteiger partial charge in [-0.3, -0.25) is 0 Å². The van der Waals surface area contributed by atoms with Crippen LogP contribution in [0.2, 0.25) is 0 Å². The molecule has 0 aliphatic carbocycles. The lowest BCUT2D eigenvalue weighted by atomic mass is 10.3. The van der Waals surface area contributed by atoms with E-state index in [2.05, 4.69) is 31.3 Å². The second-order valence-corrected chi connectivity index (χ2v) is 4.69. The summed E-state index contributed by atoms with van der Waals surface area (Å²) in [5, 5.41) is 13.3. The van der Waals surface area contributed by atoms with E-state index in [9.17, 15) is 0 Å². The van der Waals surface area contributed by atoms with Crippen LogP contribution in [0.5, 0.6) is 0 Å². The van der Waals surface area contributed by atoms with Gasteiger partial charge in [-0.2, -0.15) is 5.10 Å². The average molecular weight is 318 g/mol. The van der Waals surface area contributed by atoms with Gasteiger partial charge in [0.05, 0.1) is 23.6 Å². The minimum absolute atomic E-state index is 0.625. The van der Waals surface area contributed by atoms with E-state index in [0.29, 0.717) is 11.9 Å². The highest BCUT2D eigenvalue weighted by molar-refractivity contribution is 9.08. The van der Waals surface area contributed by atoms with E-state index >= 15 is 0 Å². The number of hydrogen-bond donors (Lipinski definition) is 0.